The predicted octanol–water partition coefficient (Wildman–Crippen LogP) is 3.40. The Morgan fingerprint density at radius 1 is 1.19 bits per heavy atom. The van der Waals surface area contributed by atoms with Crippen molar-refractivity contribution in [2.24, 2.45) is 0 Å². The van der Waals surface area contributed by atoms with E-state index in [1.54, 1.807) is 47.4 Å². The molecule has 168 valence electrons. The van der Waals surface area contributed by atoms with Gasteiger partial charge >= 0.3 is 5.97 Å². The van der Waals surface area contributed by atoms with Gasteiger partial charge in [0.05, 0.1) is 6.42 Å². The molecule has 0 fully saturated rings. The van der Waals surface area contributed by atoms with Crippen molar-refractivity contribution < 1.29 is 19.5 Å². The zero-order valence-electron chi connectivity index (χ0n) is 18.6. The largest absolute Gasteiger partial charge is 0.481 e. The van der Waals surface area contributed by atoms with Crippen LogP contribution in [0.25, 0.3) is 6.08 Å². The molecule has 0 saturated carbocycles. The van der Waals surface area contributed by atoms with Crippen LogP contribution in [0.4, 0.5) is 0 Å². The molecule has 0 spiro atoms. The van der Waals surface area contributed by atoms with Gasteiger partial charge in [-0.05, 0) is 59.9 Å². The van der Waals surface area contributed by atoms with E-state index in [4.69, 9.17) is 0 Å². The van der Waals surface area contributed by atoms with Gasteiger partial charge in [0.25, 0.3) is 11.8 Å². The Morgan fingerprint density at radius 2 is 1.94 bits per heavy atom. The Bertz CT molecular complexity index is 1020. The number of aliphatic carboxylic acids is 1. The third kappa shape index (κ3) is 5.81. The number of hydrogen-bond donors (Lipinski definition) is 1. The van der Waals surface area contributed by atoms with Gasteiger partial charge in [-0.25, -0.2) is 0 Å². The summed E-state index contributed by atoms with van der Waals surface area (Å²) >= 11 is 0. The number of likely N-dealkylation sites (N-methyl/N-ethyl adjacent to an activating group) is 1. The summed E-state index contributed by atoms with van der Waals surface area (Å²) in [5, 5.41) is 9.28. The molecule has 7 nitrogen and oxygen atoms in total. The number of hydrogen-bond acceptors (Lipinski definition) is 4. The lowest BCUT2D eigenvalue weighted by atomic mass is 10.0. The van der Waals surface area contributed by atoms with Gasteiger partial charge < -0.3 is 14.9 Å². The van der Waals surface area contributed by atoms with Gasteiger partial charge in [0.1, 0.15) is 0 Å². The van der Waals surface area contributed by atoms with Crippen LogP contribution in [0.5, 0.6) is 0 Å². The molecule has 2 aromatic rings. The number of carbonyl (C=O) groups is 3. The van der Waals surface area contributed by atoms with Crippen molar-refractivity contribution in [1.29, 1.82) is 0 Å². The average Bonchev–Trinajstić information content (AvgIpc) is 2.91. The van der Waals surface area contributed by atoms with Gasteiger partial charge in [0, 0.05) is 50.2 Å². The van der Waals surface area contributed by atoms with E-state index in [0.717, 1.165) is 36.0 Å². The maximum Gasteiger partial charge on any atom is 0.308 e. The zero-order chi connectivity index (χ0) is 23.1. The highest BCUT2D eigenvalue weighted by molar-refractivity contribution is 6.03. The molecular weight excluding hydrogens is 406 g/mol. The molecule has 2 heterocycles. The molecule has 0 aliphatic carbocycles. The topological polar surface area (TPSA) is 90.8 Å². The van der Waals surface area contributed by atoms with Crippen LogP contribution < -0.4 is 0 Å². The standard InChI is InChI=1S/C25H29N3O4/c1-3-4-12-28-17-20-6-5-19(14-21(20)15-22(25(28)32)16-23(29)30)24(31)27(2)13-9-18-7-10-26-11-8-18/h5-8,10-11,14-15H,3-4,9,12-13,16-17H2,1-2H3,(H,29,30). The summed E-state index contributed by atoms with van der Waals surface area (Å²) in [6.45, 7) is 3.58. The minimum Gasteiger partial charge on any atom is -0.481 e. The minimum atomic E-state index is -1.05. The Morgan fingerprint density at radius 3 is 2.62 bits per heavy atom. The normalized spacial score (nSPS) is 13.2. The van der Waals surface area contributed by atoms with Crippen LogP contribution in [0, 0.1) is 0 Å². The second-order valence-corrected chi connectivity index (χ2v) is 8.07. The summed E-state index contributed by atoms with van der Waals surface area (Å²) in [5.41, 5.74) is 3.49. The van der Waals surface area contributed by atoms with Crippen LogP contribution in [-0.2, 0) is 22.6 Å². The van der Waals surface area contributed by atoms with E-state index in [0.29, 0.717) is 25.2 Å². The van der Waals surface area contributed by atoms with Crippen molar-refractivity contribution in [2.45, 2.75) is 39.2 Å². The van der Waals surface area contributed by atoms with Crippen molar-refractivity contribution in [1.82, 2.24) is 14.8 Å². The van der Waals surface area contributed by atoms with Crippen LogP contribution in [0.3, 0.4) is 0 Å². The number of nitrogens with zero attached hydrogens (tertiary/aromatic N) is 3. The number of carboxylic acid groups (broad SMARTS) is 1. The number of pyridine rings is 1. The highest BCUT2D eigenvalue weighted by atomic mass is 16.4. The van der Waals surface area contributed by atoms with Gasteiger partial charge in [0.15, 0.2) is 0 Å². The first-order valence-corrected chi connectivity index (χ1v) is 10.9. The molecule has 0 atom stereocenters. The monoisotopic (exact) mass is 435 g/mol. The fourth-order valence-corrected chi connectivity index (χ4v) is 3.72. The van der Waals surface area contributed by atoms with Crippen LogP contribution in [-0.4, -0.2) is 57.8 Å². The van der Waals surface area contributed by atoms with Gasteiger partial charge in [-0.1, -0.05) is 19.4 Å². The van der Waals surface area contributed by atoms with E-state index >= 15 is 0 Å². The third-order valence-corrected chi connectivity index (χ3v) is 5.60. The van der Waals surface area contributed by atoms with Crippen LogP contribution >= 0.6 is 0 Å². The number of carbonyl (C=O) groups excluding carboxylic acids is 2. The lowest BCUT2D eigenvalue weighted by molar-refractivity contribution is -0.138. The number of fused-ring (bicyclic) bond motifs is 1. The summed E-state index contributed by atoms with van der Waals surface area (Å²) in [7, 11) is 1.76. The number of amides is 2. The summed E-state index contributed by atoms with van der Waals surface area (Å²) < 4.78 is 0. The van der Waals surface area contributed by atoms with E-state index in [1.165, 1.54) is 0 Å². The quantitative estimate of drug-likeness (QED) is 0.652. The Labute approximate surface area is 188 Å². The Balaban J connectivity index is 1.82. The lowest BCUT2D eigenvalue weighted by Gasteiger charge is -2.22. The molecule has 0 bridgehead atoms. The van der Waals surface area contributed by atoms with Crippen molar-refractivity contribution >= 4 is 23.9 Å². The van der Waals surface area contributed by atoms with Crippen molar-refractivity contribution in [3.8, 4) is 0 Å². The van der Waals surface area contributed by atoms with Crippen molar-refractivity contribution in [2.75, 3.05) is 20.1 Å². The number of carboxylic acids is 1. The first kappa shape index (κ1) is 23.2. The molecule has 32 heavy (non-hydrogen) atoms. The number of rotatable bonds is 9. The molecule has 1 aliphatic rings. The second-order valence-electron chi connectivity index (χ2n) is 8.07. The zero-order valence-corrected chi connectivity index (χ0v) is 18.6. The van der Waals surface area contributed by atoms with Crippen molar-refractivity contribution in [3.05, 3.63) is 70.6 Å². The molecule has 7 heteroatoms. The predicted molar refractivity (Wildman–Crippen MR) is 122 cm³/mol. The van der Waals surface area contributed by atoms with E-state index < -0.39 is 5.97 Å². The maximum atomic E-state index is 13.0. The van der Waals surface area contributed by atoms with Gasteiger partial charge in [-0.3, -0.25) is 19.4 Å². The summed E-state index contributed by atoms with van der Waals surface area (Å²) in [6, 6.07) is 9.26. The Kier molecular flexibility index (Phi) is 7.76. The first-order chi connectivity index (χ1) is 15.4. The van der Waals surface area contributed by atoms with E-state index in [2.05, 4.69) is 4.98 Å². The molecule has 0 unspecified atom stereocenters. The highest BCUT2D eigenvalue weighted by Crippen LogP contribution is 2.25. The smallest absolute Gasteiger partial charge is 0.308 e. The van der Waals surface area contributed by atoms with E-state index in [-0.39, 0.29) is 23.8 Å². The van der Waals surface area contributed by atoms with Crippen molar-refractivity contribution in [3.63, 3.8) is 0 Å². The molecule has 3 rings (SSSR count). The van der Waals surface area contributed by atoms with Crippen LogP contribution in [0.1, 0.15) is 53.2 Å². The molecule has 0 saturated heterocycles. The van der Waals surface area contributed by atoms with Gasteiger partial charge in [-0.15, -0.1) is 0 Å². The first-order valence-electron chi connectivity index (χ1n) is 10.9. The third-order valence-electron chi connectivity index (χ3n) is 5.60. The van der Waals surface area contributed by atoms with Gasteiger partial charge in [0.2, 0.25) is 0 Å². The lowest BCUT2D eigenvalue weighted by Crippen LogP contribution is -2.32. The average molecular weight is 436 g/mol. The molecule has 2 amide bonds. The number of aromatic nitrogens is 1. The summed E-state index contributed by atoms with van der Waals surface area (Å²) in [6.07, 6.45) is 7.26. The molecule has 1 aromatic heterocycles. The number of unbranched alkanes of at least 4 members (excludes halogenated alkanes) is 1. The summed E-state index contributed by atoms with van der Waals surface area (Å²) in [5.74, 6) is -1.42. The van der Waals surface area contributed by atoms with E-state index in [1.807, 2.05) is 25.1 Å². The molecule has 1 N–H and O–H groups in total. The Hall–Kier alpha value is -3.48. The van der Waals surface area contributed by atoms with Gasteiger partial charge in [-0.2, -0.15) is 0 Å². The number of benzene rings is 1. The molecular formula is C25H29N3O4. The highest BCUT2D eigenvalue weighted by Gasteiger charge is 2.25. The fourth-order valence-electron chi connectivity index (χ4n) is 3.72. The van der Waals surface area contributed by atoms with Crippen LogP contribution in [0.2, 0.25) is 0 Å². The summed E-state index contributed by atoms with van der Waals surface area (Å²) in [4.78, 5) is 44.6. The van der Waals surface area contributed by atoms with E-state index in [9.17, 15) is 19.5 Å². The molecule has 1 aliphatic heterocycles. The SMILES string of the molecule is CCCCN1Cc2ccc(C(=O)N(C)CCc3ccncc3)cc2C=C(CC(=O)O)C1=O. The molecule has 1 aromatic carbocycles. The fraction of sp³-hybridized carbons (Fsp3) is 0.360. The minimum absolute atomic E-state index is 0.117. The second kappa shape index (κ2) is 10.7. The maximum absolute atomic E-state index is 13.0. The molecule has 0 radical (unpaired) electrons. The van der Waals surface area contributed by atoms with Crippen LogP contribution in [0.15, 0.2) is 48.3 Å².